The number of hydrogen-bond acceptors (Lipinski definition) is 4. The van der Waals surface area contributed by atoms with Crippen molar-refractivity contribution >= 4 is 11.9 Å². The Hall–Kier alpha value is -1.10. The van der Waals surface area contributed by atoms with Crippen LogP contribution in [0.1, 0.15) is 33.6 Å². The molecule has 0 aromatic carbocycles. The van der Waals surface area contributed by atoms with E-state index in [-0.39, 0.29) is 5.91 Å². The third-order valence-electron chi connectivity index (χ3n) is 2.07. The minimum atomic E-state index is -0.574. The molecule has 0 unspecified atom stereocenters. The lowest BCUT2D eigenvalue weighted by Gasteiger charge is -2.12. The Morgan fingerprint density at radius 1 is 1.25 bits per heavy atom. The molecule has 5 nitrogen and oxygen atoms in total. The number of methoxy groups -OCH3 is 1. The second kappa shape index (κ2) is 8.10. The molecule has 1 atom stereocenters. The molecule has 0 aromatic heterocycles. The normalized spacial score (nSPS) is 12.3. The summed E-state index contributed by atoms with van der Waals surface area (Å²) in [7, 11) is 1.30. The molecule has 16 heavy (non-hydrogen) atoms. The smallest absolute Gasteiger partial charge is 0.328 e. The van der Waals surface area contributed by atoms with Gasteiger partial charge in [-0.15, -0.1) is 0 Å². The summed E-state index contributed by atoms with van der Waals surface area (Å²) in [6, 6.07) is -0.146. The van der Waals surface area contributed by atoms with E-state index in [0.29, 0.717) is 12.5 Å². The highest BCUT2D eigenvalue weighted by molar-refractivity contribution is 5.83. The second-order valence-corrected chi connectivity index (χ2v) is 4.02. The molecule has 0 spiro atoms. The molecule has 0 radical (unpaired) electrons. The maximum atomic E-state index is 11.4. The van der Waals surface area contributed by atoms with E-state index in [2.05, 4.69) is 29.2 Å². The van der Waals surface area contributed by atoms with E-state index >= 15 is 0 Å². The van der Waals surface area contributed by atoms with Gasteiger partial charge in [0, 0.05) is 12.5 Å². The van der Waals surface area contributed by atoms with Crippen LogP contribution in [0.25, 0.3) is 0 Å². The molecule has 0 aromatic rings. The highest BCUT2D eigenvalue weighted by Gasteiger charge is 2.14. The Labute approximate surface area is 96.9 Å². The quantitative estimate of drug-likeness (QED) is 0.492. The van der Waals surface area contributed by atoms with Crippen molar-refractivity contribution in [3.05, 3.63) is 0 Å². The zero-order valence-corrected chi connectivity index (χ0v) is 10.5. The molecule has 0 aliphatic heterocycles. The highest BCUT2D eigenvalue weighted by atomic mass is 16.5. The van der Waals surface area contributed by atoms with Gasteiger partial charge in [-0.2, -0.15) is 0 Å². The monoisotopic (exact) mass is 230 g/mol. The Kier molecular flexibility index (Phi) is 7.54. The van der Waals surface area contributed by atoms with Gasteiger partial charge in [-0.1, -0.05) is 13.8 Å². The molecule has 0 heterocycles. The first kappa shape index (κ1) is 14.9. The largest absolute Gasteiger partial charge is 0.467 e. The molecule has 2 N–H and O–H groups in total. The molecule has 0 bridgehead atoms. The van der Waals surface area contributed by atoms with E-state index in [1.807, 2.05) is 0 Å². The van der Waals surface area contributed by atoms with E-state index in [1.54, 1.807) is 6.92 Å². The lowest BCUT2D eigenvalue weighted by molar-refractivity contribution is -0.144. The van der Waals surface area contributed by atoms with E-state index in [4.69, 9.17) is 0 Å². The molecule has 0 fully saturated rings. The van der Waals surface area contributed by atoms with E-state index in [0.717, 1.165) is 13.0 Å². The van der Waals surface area contributed by atoms with Crippen LogP contribution in [-0.4, -0.2) is 37.6 Å². The molecule has 0 saturated heterocycles. The van der Waals surface area contributed by atoms with Gasteiger partial charge in [0.1, 0.15) is 6.04 Å². The topological polar surface area (TPSA) is 67.4 Å². The van der Waals surface area contributed by atoms with Gasteiger partial charge < -0.3 is 15.4 Å². The molecular weight excluding hydrogens is 208 g/mol. The van der Waals surface area contributed by atoms with E-state index in [1.165, 1.54) is 7.11 Å². The molecule has 0 rings (SSSR count). The van der Waals surface area contributed by atoms with Crippen LogP contribution in [0.4, 0.5) is 0 Å². The van der Waals surface area contributed by atoms with Gasteiger partial charge in [0.05, 0.1) is 7.11 Å². The van der Waals surface area contributed by atoms with Crippen molar-refractivity contribution in [1.29, 1.82) is 0 Å². The molecule has 5 heteroatoms. The van der Waals surface area contributed by atoms with Crippen LogP contribution in [0.3, 0.4) is 0 Å². The van der Waals surface area contributed by atoms with Crippen molar-refractivity contribution in [2.75, 3.05) is 13.7 Å². The van der Waals surface area contributed by atoms with Gasteiger partial charge in [0.15, 0.2) is 0 Å². The van der Waals surface area contributed by atoms with Crippen molar-refractivity contribution in [3.63, 3.8) is 0 Å². The zero-order chi connectivity index (χ0) is 12.6. The predicted molar refractivity (Wildman–Crippen MR) is 62.0 cm³/mol. The number of esters is 1. The minimum Gasteiger partial charge on any atom is -0.467 e. The third kappa shape index (κ3) is 7.23. The summed E-state index contributed by atoms with van der Waals surface area (Å²) in [6.07, 6.45) is 1.18. The van der Waals surface area contributed by atoms with Crippen LogP contribution >= 0.6 is 0 Å². The Bertz CT molecular complexity index is 229. The summed E-state index contributed by atoms with van der Waals surface area (Å²) in [6.45, 7) is 6.52. The van der Waals surface area contributed by atoms with Crippen LogP contribution < -0.4 is 10.6 Å². The average molecular weight is 230 g/mol. The Morgan fingerprint density at radius 3 is 2.38 bits per heavy atom. The standard InChI is InChI=1S/C11H22N2O3/c1-8(2)12-7-5-6-10(14)13-9(3)11(15)16-4/h8-9,12H,5-7H2,1-4H3,(H,13,14)/t9-/m0/s1. The zero-order valence-electron chi connectivity index (χ0n) is 10.5. The van der Waals surface area contributed by atoms with Gasteiger partial charge in [0.25, 0.3) is 0 Å². The number of nitrogens with one attached hydrogen (secondary N) is 2. The fraction of sp³-hybridized carbons (Fsp3) is 0.818. The summed E-state index contributed by atoms with van der Waals surface area (Å²) in [5, 5.41) is 5.79. The maximum absolute atomic E-state index is 11.4. The average Bonchev–Trinajstić information content (AvgIpc) is 2.22. The highest BCUT2D eigenvalue weighted by Crippen LogP contribution is 1.92. The summed E-state index contributed by atoms with van der Waals surface area (Å²) in [5.74, 6) is -0.544. The number of rotatable bonds is 7. The van der Waals surface area contributed by atoms with Gasteiger partial charge in [-0.05, 0) is 19.9 Å². The van der Waals surface area contributed by atoms with Gasteiger partial charge in [-0.25, -0.2) is 4.79 Å². The fourth-order valence-corrected chi connectivity index (χ4v) is 1.19. The first-order valence-electron chi connectivity index (χ1n) is 5.58. The second-order valence-electron chi connectivity index (χ2n) is 4.02. The summed E-state index contributed by atoms with van der Waals surface area (Å²) in [5.41, 5.74) is 0. The lowest BCUT2D eigenvalue weighted by Crippen LogP contribution is -2.39. The van der Waals surface area contributed by atoms with Crippen molar-refractivity contribution in [1.82, 2.24) is 10.6 Å². The number of carbonyl (C=O) groups is 2. The van der Waals surface area contributed by atoms with Gasteiger partial charge in [0.2, 0.25) is 5.91 Å². The van der Waals surface area contributed by atoms with Gasteiger partial charge >= 0.3 is 5.97 Å². The lowest BCUT2D eigenvalue weighted by atomic mass is 10.2. The predicted octanol–water partition coefficient (Wildman–Crippen LogP) is 0.442. The van der Waals surface area contributed by atoms with Crippen LogP contribution in [0.15, 0.2) is 0 Å². The fourth-order valence-electron chi connectivity index (χ4n) is 1.19. The molecule has 1 amide bonds. The van der Waals surface area contributed by atoms with Crippen molar-refractivity contribution in [3.8, 4) is 0 Å². The Balaban J connectivity index is 3.62. The molecule has 94 valence electrons. The van der Waals surface area contributed by atoms with Crippen molar-refractivity contribution in [2.45, 2.75) is 45.7 Å². The summed E-state index contributed by atoms with van der Waals surface area (Å²) in [4.78, 5) is 22.4. The summed E-state index contributed by atoms with van der Waals surface area (Å²) < 4.78 is 4.50. The molecule has 0 aliphatic rings. The first-order valence-corrected chi connectivity index (χ1v) is 5.58. The number of carbonyl (C=O) groups excluding carboxylic acids is 2. The molecule has 0 saturated carbocycles. The SMILES string of the molecule is COC(=O)[C@H](C)NC(=O)CCCNC(C)C. The van der Waals surface area contributed by atoms with E-state index < -0.39 is 12.0 Å². The Morgan fingerprint density at radius 2 is 1.88 bits per heavy atom. The van der Waals surface area contributed by atoms with Crippen molar-refractivity contribution < 1.29 is 14.3 Å². The van der Waals surface area contributed by atoms with Crippen LogP contribution in [-0.2, 0) is 14.3 Å². The third-order valence-corrected chi connectivity index (χ3v) is 2.07. The van der Waals surface area contributed by atoms with Crippen LogP contribution in [0.5, 0.6) is 0 Å². The van der Waals surface area contributed by atoms with Crippen LogP contribution in [0.2, 0.25) is 0 Å². The molecular formula is C11H22N2O3. The summed E-state index contributed by atoms with van der Waals surface area (Å²) >= 11 is 0. The van der Waals surface area contributed by atoms with Crippen molar-refractivity contribution in [2.24, 2.45) is 0 Å². The first-order chi connectivity index (χ1) is 7.47. The van der Waals surface area contributed by atoms with Crippen LogP contribution in [0, 0.1) is 0 Å². The molecule has 0 aliphatic carbocycles. The van der Waals surface area contributed by atoms with Gasteiger partial charge in [-0.3, -0.25) is 4.79 Å². The minimum absolute atomic E-state index is 0.122. The number of ether oxygens (including phenoxy) is 1. The van der Waals surface area contributed by atoms with E-state index in [9.17, 15) is 9.59 Å². The number of amides is 1. The maximum Gasteiger partial charge on any atom is 0.328 e. The number of hydrogen-bond donors (Lipinski definition) is 2.